The average molecular weight is 290 g/mol. The lowest BCUT2D eigenvalue weighted by Crippen LogP contribution is -2.13. The van der Waals surface area contributed by atoms with Crippen molar-refractivity contribution >= 4 is 22.6 Å². The second-order valence-corrected chi connectivity index (χ2v) is 4.73. The van der Waals surface area contributed by atoms with Crippen LogP contribution < -0.4 is 15.2 Å². The van der Waals surface area contributed by atoms with Crippen LogP contribution in [0.2, 0.25) is 0 Å². The Morgan fingerprint density at radius 2 is 1.95 bits per heavy atom. The van der Waals surface area contributed by atoms with Crippen LogP contribution in [0.15, 0.2) is 18.3 Å². The molecule has 6 heteroatoms. The molecule has 0 aliphatic rings. The minimum absolute atomic E-state index is 0.0682. The normalized spacial score (nSPS) is 10.6. The number of carbonyl (C=O) groups excluding carboxylic acids is 2. The molecule has 0 bridgehead atoms. The van der Waals surface area contributed by atoms with E-state index in [0.717, 1.165) is 10.9 Å². The maximum atomic E-state index is 11.8. The summed E-state index contributed by atoms with van der Waals surface area (Å²) in [4.78, 5) is 22.8. The van der Waals surface area contributed by atoms with Gasteiger partial charge in [-0.2, -0.15) is 0 Å². The summed E-state index contributed by atoms with van der Waals surface area (Å²) in [5.41, 5.74) is 6.52. The van der Waals surface area contributed by atoms with Gasteiger partial charge in [-0.3, -0.25) is 9.59 Å². The van der Waals surface area contributed by atoms with E-state index in [2.05, 4.69) is 0 Å². The molecule has 1 aromatic carbocycles. The summed E-state index contributed by atoms with van der Waals surface area (Å²) in [5, 5.41) is 0.718. The van der Waals surface area contributed by atoms with Crippen molar-refractivity contribution in [3.8, 4) is 11.5 Å². The summed E-state index contributed by atoms with van der Waals surface area (Å²) in [5.74, 6) is 0.720. The first-order chi connectivity index (χ1) is 9.97. The van der Waals surface area contributed by atoms with Gasteiger partial charge in [0.1, 0.15) is 11.5 Å². The molecule has 112 valence electrons. The number of rotatable bonds is 6. The van der Waals surface area contributed by atoms with Crippen molar-refractivity contribution in [3.05, 3.63) is 23.9 Å². The molecule has 0 radical (unpaired) electrons. The number of carbonyl (C=O) groups is 2. The Hall–Kier alpha value is -2.50. The van der Waals surface area contributed by atoms with E-state index < -0.39 is 5.91 Å². The molecular formula is C15H18N2O4. The Morgan fingerprint density at radius 1 is 1.24 bits per heavy atom. The van der Waals surface area contributed by atoms with Gasteiger partial charge in [-0.05, 0) is 6.92 Å². The van der Waals surface area contributed by atoms with Crippen molar-refractivity contribution in [1.82, 2.24) is 4.57 Å². The molecule has 0 aliphatic heterocycles. The number of primary amides is 1. The first-order valence-corrected chi connectivity index (χ1v) is 6.52. The number of hydrogen-bond donors (Lipinski definition) is 1. The van der Waals surface area contributed by atoms with Crippen molar-refractivity contribution in [3.63, 3.8) is 0 Å². The lowest BCUT2D eigenvalue weighted by molar-refractivity contribution is -0.118. The highest BCUT2D eigenvalue weighted by Crippen LogP contribution is 2.35. The van der Waals surface area contributed by atoms with Gasteiger partial charge in [0.15, 0.2) is 5.78 Å². The monoisotopic (exact) mass is 290 g/mol. The molecule has 0 atom stereocenters. The van der Waals surface area contributed by atoms with Crippen molar-refractivity contribution in [2.24, 2.45) is 5.73 Å². The maximum Gasteiger partial charge on any atom is 0.219 e. The van der Waals surface area contributed by atoms with Gasteiger partial charge in [-0.15, -0.1) is 0 Å². The van der Waals surface area contributed by atoms with Crippen LogP contribution in [0.4, 0.5) is 0 Å². The molecule has 0 spiro atoms. The van der Waals surface area contributed by atoms with E-state index in [-0.39, 0.29) is 12.2 Å². The fourth-order valence-corrected chi connectivity index (χ4v) is 2.32. The second-order valence-electron chi connectivity index (χ2n) is 4.73. The number of nitrogens with two attached hydrogens (primary N) is 1. The molecular weight excluding hydrogens is 272 g/mol. The lowest BCUT2D eigenvalue weighted by atomic mass is 10.1. The van der Waals surface area contributed by atoms with Gasteiger partial charge in [0.05, 0.1) is 25.1 Å². The highest BCUT2D eigenvalue weighted by molar-refractivity contribution is 6.09. The van der Waals surface area contributed by atoms with Crippen molar-refractivity contribution in [1.29, 1.82) is 0 Å². The molecule has 2 rings (SSSR count). The minimum atomic E-state index is -0.393. The van der Waals surface area contributed by atoms with Crippen LogP contribution in [0, 0.1) is 0 Å². The highest BCUT2D eigenvalue weighted by Gasteiger charge is 2.18. The first kappa shape index (κ1) is 14.9. The number of hydrogen-bond acceptors (Lipinski definition) is 4. The van der Waals surface area contributed by atoms with Crippen LogP contribution in [0.25, 0.3) is 10.9 Å². The zero-order chi connectivity index (χ0) is 15.6. The Labute approximate surface area is 122 Å². The number of amides is 1. The maximum absolute atomic E-state index is 11.8. The van der Waals surface area contributed by atoms with E-state index >= 15 is 0 Å². The average Bonchev–Trinajstić information content (AvgIpc) is 2.82. The van der Waals surface area contributed by atoms with Gasteiger partial charge in [-0.1, -0.05) is 0 Å². The van der Waals surface area contributed by atoms with Crippen LogP contribution in [0.5, 0.6) is 11.5 Å². The number of methoxy groups -OCH3 is 2. The Balaban J connectivity index is 2.68. The van der Waals surface area contributed by atoms with Gasteiger partial charge in [0.25, 0.3) is 0 Å². The predicted molar refractivity (Wildman–Crippen MR) is 78.9 cm³/mol. The SMILES string of the molecule is COc1cc(OC)c2c(C(C)=O)cn(CCC(N)=O)c2c1. The topological polar surface area (TPSA) is 83.6 Å². The van der Waals surface area contributed by atoms with E-state index in [0.29, 0.717) is 23.6 Å². The number of benzene rings is 1. The molecule has 0 fully saturated rings. The third-order valence-corrected chi connectivity index (χ3v) is 3.35. The summed E-state index contributed by atoms with van der Waals surface area (Å²) < 4.78 is 12.4. The third kappa shape index (κ3) is 2.84. The van der Waals surface area contributed by atoms with Crippen LogP contribution in [-0.2, 0) is 11.3 Å². The molecule has 6 nitrogen and oxygen atoms in total. The molecule has 2 aromatic rings. The molecule has 0 unspecified atom stereocenters. The van der Waals surface area contributed by atoms with E-state index in [1.54, 1.807) is 26.5 Å². The molecule has 0 saturated heterocycles. The van der Waals surface area contributed by atoms with Crippen molar-refractivity contribution < 1.29 is 19.1 Å². The third-order valence-electron chi connectivity index (χ3n) is 3.35. The van der Waals surface area contributed by atoms with E-state index in [9.17, 15) is 9.59 Å². The Bertz CT molecular complexity index is 703. The van der Waals surface area contributed by atoms with Crippen molar-refractivity contribution in [2.75, 3.05) is 14.2 Å². The molecule has 0 aliphatic carbocycles. The summed E-state index contributed by atoms with van der Waals surface area (Å²) >= 11 is 0. The number of fused-ring (bicyclic) bond motifs is 1. The molecule has 1 amide bonds. The number of nitrogens with zero attached hydrogens (tertiary/aromatic N) is 1. The van der Waals surface area contributed by atoms with Gasteiger partial charge in [0.2, 0.25) is 5.91 Å². The zero-order valence-electron chi connectivity index (χ0n) is 12.3. The minimum Gasteiger partial charge on any atom is -0.497 e. The fourth-order valence-electron chi connectivity index (χ4n) is 2.32. The largest absolute Gasteiger partial charge is 0.497 e. The van der Waals surface area contributed by atoms with Gasteiger partial charge < -0.3 is 19.8 Å². The van der Waals surface area contributed by atoms with Gasteiger partial charge >= 0.3 is 0 Å². The molecule has 0 saturated carbocycles. The molecule has 1 aromatic heterocycles. The number of ether oxygens (including phenoxy) is 2. The predicted octanol–water partition coefficient (Wildman–Crippen LogP) is 1.74. The van der Waals surface area contributed by atoms with Gasteiger partial charge in [0, 0.05) is 36.9 Å². The second kappa shape index (κ2) is 5.87. The lowest BCUT2D eigenvalue weighted by Gasteiger charge is -2.09. The van der Waals surface area contributed by atoms with Crippen LogP contribution in [0.3, 0.4) is 0 Å². The first-order valence-electron chi connectivity index (χ1n) is 6.52. The quantitative estimate of drug-likeness (QED) is 0.821. The van der Waals surface area contributed by atoms with Crippen LogP contribution in [0.1, 0.15) is 23.7 Å². The Kier molecular flexibility index (Phi) is 4.16. The summed E-state index contributed by atoms with van der Waals surface area (Å²) in [6.45, 7) is 1.90. The summed E-state index contributed by atoms with van der Waals surface area (Å²) in [7, 11) is 3.10. The van der Waals surface area contributed by atoms with E-state index in [1.165, 1.54) is 6.92 Å². The highest BCUT2D eigenvalue weighted by atomic mass is 16.5. The van der Waals surface area contributed by atoms with E-state index in [4.69, 9.17) is 15.2 Å². The van der Waals surface area contributed by atoms with Crippen LogP contribution in [-0.4, -0.2) is 30.5 Å². The number of ketones is 1. The Morgan fingerprint density at radius 3 is 2.48 bits per heavy atom. The standard InChI is InChI=1S/C15H18N2O4/c1-9(18)11-8-17(5-4-14(16)19)12-6-10(20-2)7-13(21-3)15(11)12/h6-8H,4-5H2,1-3H3,(H2,16,19). The smallest absolute Gasteiger partial charge is 0.219 e. The van der Waals surface area contributed by atoms with Crippen LogP contribution >= 0.6 is 0 Å². The number of aromatic nitrogens is 1. The summed E-state index contributed by atoms with van der Waals surface area (Å²) in [6, 6.07) is 3.54. The van der Waals surface area contributed by atoms with E-state index in [1.807, 2.05) is 10.6 Å². The number of aryl methyl sites for hydroxylation is 1. The zero-order valence-corrected chi connectivity index (χ0v) is 12.3. The molecule has 1 heterocycles. The van der Waals surface area contributed by atoms with Crippen molar-refractivity contribution in [2.45, 2.75) is 19.9 Å². The number of Topliss-reactive ketones (excluding diaryl/α,β-unsaturated/α-hetero) is 1. The summed E-state index contributed by atoms with van der Waals surface area (Å²) in [6.07, 6.45) is 1.92. The molecule has 21 heavy (non-hydrogen) atoms. The molecule has 2 N–H and O–H groups in total. The fraction of sp³-hybridized carbons (Fsp3) is 0.333. The van der Waals surface area contributed by atoms with Gasteiger partial charge in [-0.25, -0.2) is 0 Å².